The quantitative estimate of drug-likeness (QED) is 0.579. The predicted molar refractivity (Wildman–Crippen MR) is 39.2 cm³/mol. The molecule has 1 aliphatic carbocycles. The third-order valence-electron chi connectivity index (χ3n) is 1.85. The van der Waals surface area contributed by atoms with Gasteiger partial charge in [0.25, 0.3) is 0 Å². The highest BCUT2D eigenvalue weighted by molar-refractivity contribution is 6.28. The molecular formula is C7H11ClO2. The summed E-state index contributed by atoms with van der Waals surface area (Å²) in [4.78, 5) is 10.9. The van der Waals surface area contributed by atoms with Crippen LogP contribution in [0.15, 0.2) is 0 Å². The number of hydrogen-bond donors (Lipinski definition) is 0. The summed E-state index contributed by atoms with van der Waals surface area (Å²) in [5, 5.41) is 0. The molecule has 2 atom stereocenters. The summed E-state index contributed by atoms with van der Waals surface area (Å²) in [6, 6.07) is 0. The third kappa shape index (κ3) is 1.70. The van der Waals surface area contributed by atoms with Gasteiger partial charge in [0, 0.05) is 19.6 Å². The van der Waals surface area contributed by atoms with Crippen molar-refractivity contribution in [1.82, 2.24) is 0 Å². The third-order valence-corrected chi connectivity index (χ3v) is 2.11. The lowest BCUT2D eigenvalue weighted by molar-refractivity contribution is -0.118. The molecule has 1 aliphatic rings. The fourth-order valence-electron chi connectivity index (χ4n) is 1.14. The van der Waals surface area contributed by atoms with Gasteiger partial charge in [-0.2, -0.15) is 0 Å². The maximum atomic E-state index is 10.9. The summed E-state index contributed by atoms with van der Waals surface area (Å²) < 4.78 is 4.90. The number of halogens is 1. The van der Waals surface area contributed by atoms with Gasteiger partial charge in [-0.15, -0.1) is 11.6 Å². The van der Waals surface area contributed by atoms with E-state index >= 15 is 0 Å². The van der Waals surface area contributed by atoms with E-state index in [9.17, 15) is 4.79 Å². The number of carbonyl (C=O) groups excluding carboxylic acids is 1. The zero-order valence-corrected chi connectivity index (χ0v) is 6.73. The smallest absolute Gasteiger partial charge is 0.151 e. The lowest BCUT2D eigenvalue weighted by atomic mass is 10.2. The molecule has 0 heterocycles. The van der Waals surface area contributed by atoms with Crippen LogP contribution in [0.2, 0.25) is 0 Å². The normalized spacial score (nSPS) is 30.2. The van der Waals surface area contributed by atoms with Gasteiger partial charge in [0.05, 0.1) is 5.88 Å². The molecule has 3 heteroatoms. The largest absolute Gasteiger partial charge is 0.384 e. The second kappa shape index (κ2) is 3.35. The minimum Gasteiger partial charge on any atom is -0.384 e. The van der Waals surface area contributed by atoms with Gasteiger partial charge >= 0.3 is 0 Å². The van der Waals surface area contributed by atoms with E-state index < -0.39 is 0 Å². The second-order valence-corrected chi connectivity index (χ2v) is 2.92. The molecule has 0 aromatic rings. The number of ether oxygens (including phenoxy) is 1. The average molecular weight is 163 g/mol. The lowest BCUT2D eigenvalue weighted by Crippen LogP contribution is -2.05. The molecular weight excluding hydrogens is 152 g/mol. The van der Waals surface area contributed by atoms with Crippen LogP contribution in [0.5, 0.6) is 0 Å². The summed E-state index contributed by atoms with van der Waals surface area (Å²) in [6.07, 6.45) is 0.972. The molecule has 0 amide bonds. The summed E-state index contributed by atoms with van der Waals surface area (Å²) in [5.41, 5.74) is 0. The number of Topliss-reactive ketones (excluding diaryl/α,β-unsaturated/α-hetero) is 1. The molecule has 58 valence electrons. The van der Waals surface area contributed by atoms with E-state index in [4.69, 9.17) is 16.3 Å². The molecule has 10 heavy (non-hydrogen) atoms. The highest BCUT2D eigenvalue weighted by atomic mass is 35.5. The number of rotatable bonds is 4. The Kier molecular flexibility index (Phi) is 2.69. The minimum atomic E-state index is 0.158. The highest BCUT2D eigenvalue weighted by Gasteiger charge is 2.41. The number of hydrogen-bond acceptors (Lipinski definition) is 2. The Hall–Kier alpha value is -0.0800. The van der Waals surface area contributed by atoms with Crippen LogP contribution in [0.25, 0.3) is 0 Å². The zero-order valence-electron chi connectivity index (χ0n) is 5.97. The Morgan fingerprint density at radius 3 is 3.00 bits per heavy atom. The van der Waals surface area contributed by atoms with Crippen LogP contribution < -0.4 is 0 Å². The van der Waals surface area contributed by atoms with Gasteiger partial charge in [-0.05, 0) is 12.3 Å². The average Bonchev–Trinajstić information content (AvgIpc) is 2.67. The Balaban J connectivity index is 2.18. The molecule has 1 rings (SSSR count). The topological polar surface area (TPSA) is 26.3 Å². The predicted octanol–water partition coefficient (Wildman–Crippen LogP) is 1.08. The van der Waals surface area contributed by atoms with Crippen LogP contribution in [-0.4, -0.2) is 25.4 Å². The van der Waals surface area contributed by atoms with Crippen molar-refractivity contribution in [2.75, 3.05) is 19.6 Å². The van der Waals surface area contributed by atoms with Crippen LogP contribution in [0.3, 0.4) is 0 Å². The van der Waals surface area contributed by atoms with Crippen LogP contribution in [0.4, 0.5) is 0 Å². The molecule has 1 saturated carbocycles. The summed E-state index contributed by atoms with van der Waals surface area (Å²) in [7, 11) is 1.65. The second-order valence-electron chi connectivity index (χ2n) is 2.66. The van der Waals surface area contributed by atoms with Crippen molar-refractivity contribution in [3.05, 3.63) is 0 Å². The van der Waals surface area contributed by atoms with Crippen LogP contribution in [-0.2, 0) is 9.53 Å². The van der Waals surface area contributed by atoms with Gasteiger partial charge in [0.15, 0.2) is 5.78 Å². The first kappa shape index (κ1) is 8.02. The van der Waals surface area contributed by atoms with Gasteiger partial charge in [-0.3, -0.25) is 4.79 Å². The molecule has 0 aromatic carbocycles. The minimum absolute atomic E-state index is 0.158. The first-order valence-electron chi connectivity index (χ1n) is 3.37. The Labute approximate surface area is 65.5 Å². The van der Waals surface area contributed by atoms with Crippen LogP contribution >= 0.6 is 11.6 Å². The van der Waals surface area contributed by atoms with E-state index in [1.807, 2.05) is 0 Å². The van der Waals surface area contributed by atoms with Crippen molar-refractivity contribution in [2.45, 2.75) is 6.42 Å². The molecule has 0 saturated heterocycles. The van der Waals surface area contributed by atoms with E-state index in [1.54, 1.807) is 7.11 Å². The van der Waals surface area contributed by atoms with Gasteiger partial charge in [-0.1, -0.05) is 0 Å². The van der Waals surface area contributed by atoms with E-state index in [1.165, 1.54) is 0 Å². The maximum Gasteiger partial charge on any atom is 0.151 e. The zero-order chi connectivity index (χ0) is 7.56. The van der Waals surface area contributed by atoms with Gasteiger partial charge in [0.1, 0.15) is 0 Å². The van der Waals surface area contributed by atoms with Crippen LogP contribution in [0, 0.1) is 11.8 Å². The molecule has 1 fully saturated rings. The van der Waals surface area contributed by atoms with Crippen molar-refractivity contribution in [3.63, 3.8) is 0 Å². The summed E-state index contributed by atoms with van der Waals surface area (Å²) in [5.74, 6) is 0.989. The number of alkyl halides is 1. The molecule has 0 aliphatic heterocycles. The molecule has 0 radical (unpaired) electrons. The molecule has 2 nitrogen and oxygen atoms in total. The van der Waals surface area contributed by atoms with Crippen molar-refractivity contribution >= 4 is 17.4 Å². The van der Waals surface area contributed by atoms with Crippen molar-refractivity contribution in [3.8, 4) is 0 Å². The van der Waals surface area contributed by atoms with E-state index in [0.717, 1.165) is 6.42 Å². The van der Waals surface area contributed by atoms with Gasteiger partial charge in [0.2, 0.25) is 0 Å². The number of carbonyl (C=O) groups is 1. The molecule has 0 aromatic heterocycles. The standard InChI is InChI=1S/C7H11ClO2/c1-10-4-5-2-6(5)7(9)3-8/h5-6H,2-4H2,1H3/t5-,6+/m1/s1. The molecule has 0 unspecified atom stereocenters. The Morgan fingerprint density at radius 2 is 2.50 bits per heavy atom. The molecule has 0 spiro atoms. The van der Waals surface area contributed by atoms with Gasteiger partial charge < -0.3 is 4.74 Å². The fourth-order valence-corrected chi connectivity index (χ4v) is 1.34. The highest BCUT2D eigenvalue weighted by Crippen LogP contribution is 2.39. The van der Waals surface area contributed by atoms with E-state index in [-0.39, 0.29) is 17.6 Å². The van der Waals surface area contributed by atoms with E-state index in [2.05, 4.69) is 0 Å². The van der Waals surface area contributed by atoms with E-state index in [0.29, 0.717) is 12.5 Å². The first-order chi connectivity index (χ1) is 4.79. The maximum absolute atomic E-state index is 10.9. The SMILES string of the molecule is COC[C@H]1C[C@@H]1C(=O)CCl. The van der Waals surface area contributed by atoms with Crippen molar-refractivity contribution < 1.29 is 9.53 Å². The number of methoxy groups -OCH3 is 1. The van der Waals surface area contributed by atoms with Crippen molar-refractivity contribution in [1.29, 1.82) is 0 Å². The lowest BCUT2D eigenvalue weighted by Gasteiger charge is -1.93. The Morgan fingerprint density at radius 1 is 1.80 bits per heavy atom. The van der Waals surface area contributed by atoms with Crippen LogP contribution in [0.1, 0.15) is 6.42 Å². The molecule has 0 N–H and O–H groups in total. The first-order valence-corrected chi connectivity index (χ1v) is 3.90. The summed E-state index contributed by atoms with van der Waals surface area (Å²) >= 11 is 5.36. The monoisotopic (exact) mass is 162 g/mol. The van der Waals surface area contributed by atoms with Crippen molar-refractivity contribution in [2.24, 2.45) is 11.8 Å². The number of ketones is 1. The summed E-state index contributed by atoms with van der Waals surface area (Å²) in [6.45, 7) is 0.702. The molecule has 0 bridgehead atoms. The fraction of sp³-hybridized carbons (Fsp3) is 0.857. The Bertz CT molecular complexity index is 136. The van der Waals surface area contributed by atoms with Gasteiger partial charge in [-0.25, -0.2) is 0 Å².